The summed E-state index contributed by atoms with van der Waals surface area (Å²) in [7, 11) is 0. The summed E-state index contributed by atoms with van der Waals surface area (Å²) in [5, 5.41) is 9.69. The number of benzene rings is 1. The lowest BCUT2D eigenvalue weighted by Gasteiger charge is -2.07. The largest absolute Gasteiger partial charge is 0.352 e. The van der Waals surface area contributed by atoms with Gasteiger partial charge in [0.15, 0.2) is 0 Å². The fourth-order valence-electron chi connectivity index (χ4n) is 2.03. The molecule has 1 heterocycles. The highest BCUT2D eigenvalue weighted by atomic mass is 16.2. The van der Waals surface area contributed by atoms with Gasteiger partial charge in [0.25, 0.3) is 5.91 Å². The van der Waals surface area contributed by atoms with Gasteiger partial charge >= 0.3 is 0 Å². The highest BCUT2D eigenvalue weighted by Gasteiger charge is 2.05. The summed E-state index contributed by atoms with van der Waals surface area (Å²) in [5.41, 5.74) is 2.30. The molecule has 6 heteroatoms. The van der Waals surface area contributed by atoms with Crippen molar-refractivity contribution in [1.29, 1.82) is 0 Å². The van der Waals surface area contributed by atoms with Crippen LogP contribution in [0, 0.1) is 6.92 Å². The number of nitrogens with zero attached hydrogens (tertiary/aromatic N) is 2. The van der Waals surface area contributed by atoms with E-state index in [1.54, 1.807) is 24.3 Å². The summed E-state index contributed by atoms with van der Waals surface area (Å²) >= 11 is 0. The van der Waals surface area contributed by atoms with Gasteiger partial charge in [-0.2, -0.15) is 5.10 Å². The highest BCUT2D eigenvalue weighted by Crippen LogP contribution is 2.09. The molecule has 23 heavy (non-hydrogen) atoms. The monoisotopic (exact) mass is 312 g/mol. The van der Waals surface area contributed by atoms with Crippen molar-refractivity contribution in [2.45, 2.75) is 19.9 Å². The summed E-state index contributed by atoms with van der Waals surface area (Å²) in [6.45, 7) is 6.72. The minimum Gasteiger partial charge on any atom is -0.352 e. The number of rotatable bonds is 7. The van der Waals surface area contributed by atoms with Gasteiger partial charge in [0.05, 0.1) is 6.20 Å². The van der Waals surface area contributed by atoms with Crippen molar-refractivity contribution in [2.75, 3.05) is 11.9 Å². The molecule has 2 N–H and O–H groups in total. The van der Waals surface area contributed by atoms with E-state index in [1.165, 1.54) is 6.08 Å². The van der Waals surface area contributed by atoms with Crippen LogP contribution in [0.3, 0.4) is 0 Å². The van der Waals surface area contributed by atoms with Crippen LogP contribution in [-0.2, 0) is 11.3 Å². The van der Waals surface area contributed by atoms with Crippen LogP contribution in [0.25, 0.3) is 0 Å². The van der Waals surface area contributed by atoms with Crippen LogP contribution in [0.1, 0.15) is 22.3 Å². The number of amides is 2. The lowest BCUT2D eigenvalue weighted by Crippen LogP contribution is -2.25. The molecule has 0 aliphatic heterocycles. The van der Waals surface area contributed by atoms with E-state index in [1.807, 2.05) is 24.0 Å². The number of carbonyl (C=O) groups is 2. The molecule has 0 bridgehead atoms. The van der Waals surface area contributed by atoms with Gasteiger partial charge in [-0.05, 0) is 49.2 Å². The quantitative estimate of drug-likeness (QED) is 0.607. The Kier molecular flexibility index (Phi) is 5.68. The Balaban J connectivity index is 1.76. The summed E-state index contributed by atoms with van der Waals surface area (Å²) in [5.74, 6) is -0.417. The molecular weight excluding hydrogens is 292 g/mol. The molecule has 0 fully saturated rings. The van der Waals surface area contributed by atoms with Gasteiger partial charge in [0.2, 0.25) is 5.91 Å². The van der Waals surface area contributed by atoms with E-state index in [4.69, 9.17) is 0 Å². The van der Waals surface area contributed by atoms with Crippen LogP contribution < -0.4 is 10.6 Å². The summed E-state index contributed by atoms with van der Waals surface area (Å²) in [6, 6.07) is 6.71. The molecule has 0 spiro atoms. The number of hydrogen-bond donors (Lipinski definition) is 2. The molecule has 0 saturated heterocycles. The topological polar surface area (TPSA) is 76.0 Å². The maximum Gasteiger partial charge on any atom is 0.251 e. The van der Waals surface area contributed by atoms with E-state index in [2.05, 4.69) is 22.3 Å². The summed E-state index contributed by atoms with van der Waals surface area (Å²) in [4.78, 5) is 23.2. The zero-order valence-electron chi connectivity index (χ0n) is 13.1. The number of nitrogens with one attached hydrogen (secondary N) is 2. The first kappa shape index (κ1) is 16.5. The number of aryl methyl sites for hydroxylation is 2. The third-order valence-electron chi connectivity index (χ3n) is 3.21. The van der Waals surface area contributed by atoms with E-state index in [0.29, 0.717) is 17.8 Å². The second-order valence-corrected chi connectivity index (χ2v) is 5.16. The van der Waals surface area contributed by atoms with E-state index < -0.39 is 0 Å². The second kappa shape index (κ2) is 7.93. The first-order chi connectivity index (χ1) is 11.1. The number of anilines is 1. The number of hydrogen-bond acceptors (Lipinski definition) is 3. The molecule has 0 atom stereocenters. The van der Waals surface area contributed by atoms with E-state index in [-0.39, 0.29) is 11.8 Å². The van der Waals surface area contributed by atoms with Crippen LogP contribution in [0.4, 0.5) is 5.69 Å². The predicted molar refractivity (Wildman–Crippen MR) is 89.2 cm³/mol. The molecule has 0 saturated carbocycles. The zero-order chi connectivity index (χ0) is 16.7. The fraction of sp³-hybridized carbons (Fsp3) is 0.235. The first-order valence-electron chi connectivity index (χ1n) is 7.39. The second-order valence-electron chi connectivity index (χ2n) is 5.16. The molecule has 2 rings (SSSR count). The molecule has 0 radical (unpaired) electrons. The van der Waals surface area contributed by atoms with E-state index in [0.717, 1.165) is 18.5 Å². The normalized spacial score (nSPS) is 10.1. The van der Waals surface area contributed by atoms with Gasteiger partial charge in [-0.3, -0.25) is 14.3 Å². The van der Waals surface area contributed by atoms with Gasteiger partial charge < -0.3 is 10.6 Å². The van der Waals surface area contributed by atoms with Crippen molar-refractivity contribution < 1.29 is 9.59 Å². The Morgan fingerprint density at radius 2 is 2.04 bits per heavy atom. The van der Waals surface area contributed by atoms with Crippen LogP contribution in [-0.4, -0.2) is 28.1 Å². The zero-order valence-corrected chi connectivity index (χ0v) is 13.1. The minimum atomic E-state index is -0.281. The van der Waals surface area contributed by atoms with Crippen molar-refractivity contribution in [2.24, 2.45) is 0 Å². The van der Waals surface area contributed by atoms with Crippen molar-refractivity contribution in [1.82, 2.24) is 15.1 Å². The van der Waals surface area contributed by atoms with Gasteiger partial charge in [0, 0.05) is 30.5 Å². The van der Waals surface area contributed by atoms with E-state index in [9.17, 15) is 9.59 Å². The molecule has 6 nitrogen and oxygen atoms in total. The SMILES string of the molecule is C=CC(=O)Nc1ccc(C(=O)NCCCn2cc(C)cn2)cc1. The standard InChI is InChI=1S/C17H20N4O2/c1-3-16(22)20-15-7-5-14(6-8-15)17(23)18-9-4-10-21-12-13(2)11-19-21/h3,5-8,11-12H,1,4,9-10H2,2H3,(H,18,23)(H,20,22). The lowest BCUT2D eigenvalue weighted by atomic mass is 10.2. The molecule has 2 aromatic rings. The average Bonchev–Trinajstić information content (AvgIpc) is 2.97. The predicted octanol–water partition coefficient (Wildman–Crippen LogP) is 2.14. The lowest BCUT2D eigenvalue weighted by molar-refractivity contribution is -0.111. The molecule has 1 aromatic carbocycles. The van der Waals surface area contributed by atoms with Crippen LogP contribution in [0.5, 0.6) is 0 Å². The van der Waals surface area contributed by atoms with Crippen molar-refractivity contribution in [3.63, 3.8) is 0 Å². The Bertz CT molecular complexity index is 689. The molecular formula is C17H20N4O2. The van der Waals surface area contributed by atoms with Gasteiger partial charge in [-0.25, -0.2) is 0 Å². The first-order valence-corrected chi connectivity index (χ1v) is 7.39. The maximum absolute atomic E-state index is 12.0. The Morgan fingerprint density at radius 3 is 2.65 bits per heavy atom. The van der Waals surface area contributed by atoms with Gasteiger partial charge in [-0.1, -0.05) is 6.58 Å². The molecule has 120 valence electrons. The van der Waals surface area contributed by atoms with Crippen molar-refractivity contribution in [3.05, 3.63) is 60.4 Å². The molecule has 0 unspecified atom stereocenters. The molecule has 1 aromatic heterocycles. The summed E-state index contributed by atoms with van der Waals surface area (Å²) < 4.78 is 1.86. The van der Waals surface area contributed by atoms with Crippen LogP contribution >= 0.6 is 0 Å². The number of carbonyl (C=O) groups excluding carboxylic acids is 2. The van der Waals surface area contributed by atoms with E-state index >= 15 is 0 Å². The molecule has 2 amide bonds. The van der Waals surface area contributed by atoms with Crippen molar-refractivity contribution in [3.8, 4) is 0 Å². The smallest absolute Gasteiger partial charge is 0.251 e. The highest BCUT2D eigenvalue weighted by molar-refractivity contribution is 5.99. The van der Waals surface area contributed by atoms with Crippen LogP contribution in [0.15, 0.2) is 49.3 Å². The molecule has 0 aliphatic rings. The van der Waals surface area contributed by atoms with Gasteiger partial charge in [-0.15, -0.1) is 0 Å². The van der Waals surface area contributed by atoms with Gasteiger partial charge in [0.1, 0.15) is 0 Å². The fourth-order valence-corrected chi connectivity index (χ4v) is 2.03. The van der Waals surface area contributed by atoms with Crippen LogP contribution in [0.2, 0.25) is 0 Å². The third kappa shape index (κ3) is 5.10. The number of aromatic nitrogens is 2. The maximum atomic E-state index is 12.0. The third-order valence-corrected chi connectivity index (χ3v) is 3.21. The Morgan fingerprint density at radius 1 is 1.30 bits per heavy atom. The molecule has 0 aliphatic carbocycles. The summed E-state index contributed by atoms with van der Waals surface area (Å²) in [6.07, 6.45) is 5.78. The average molecular weight is 312 g/mol. The Hall–Kier alpha value is -2.89. The minimum absolute atomic E-state index is 0.136. The Labute approximate surface area is 135 Å². The van der Waals surface area contributed by atoms with Crippen molar-refractivity contribution >= 4 is 17.5 Å².